The molecule has 0 aromatic carbocycles. The number of sulfonamides is 1. The lowest BCUT2D eigenvalue weighted by atomic mass is 10.2. The van der Waals surface area contributed by atoms with Crippen LogP contribution in [0.4, 0.5) is 17.3 Å². The molecule has 0 fully saturated rings. The first-order valence-corrected chi connectivity index (χ1v) is 12.7. The van der Waals surface area contributed by atoms with E-state index in [1.165, 1.54) is 9.69 Å². The van der Waals surface area contributed by atoms with Crippen molar-refractivity contribution < 1.29 is 22.5 Å². The van der Waals surface area contributed by atoms with E-state index in [2.05, 4.69) is 19.4 Å². The normalized spacial score (nSPS) is 13.6. The highest BCUT2D eigenvalue weighted by molar-refractivity contribution is 7.91. The van der Waals surface area contributed by atoms with Gasteiger partial charge in [-0.1, -0.05) is 20.8 Å². The number of aromatic hydroxyl groups is 1. The highest BCUT2D eigenvalue weighted by Gasteiger charge is 2.30. The van der Waals surface area contributed by atoms with E-state index in [9.17, 15) is 18.1 Å². The monoisotopic (exact) mass is 473 g/mol. The quantitative estimate of drug-likeness (QED) is 0.373. The third-order valence-electron chi connectivity index (χ3n) is 4.43. The van der Waals surface area contributed by atoms with Gasteiger partial charge in [0.1, 0.15) is 5.76 Å². The molecule has 0 bridgehead atoms. The lowest BCUT2D eigenvalue weighted by Crippen LogP contribution is -2.30. The molecule has 0 aliphatic heterocycles. The second kappa shape index (κ2) is 9.31. The minimum absolute atomic E-state index is 0.137. The Morgan fingerprint density at radius 2 is 2.00 bits per heavy atom. The zero-order valence-corrected chi connectivity index (χ0v) is 19.1. The van der Waals surface area contributed by atoms with Gasteiger partial charge in [-0.05, 0) is 18.6 Å². The maximum absolute atomic E-state index is 12.7. The van der Waals surface area contributed by atoms with Crippen molar-refractivity contribution in [2.45, 2.75) is 37.4 Å². The largest absolute Gasteiger partial charge is 0.546 e. The summed E-state index contributed by atoms with van der Waals surface area (Å²) in [5.41, 5.74) is 0.143. The molecule has 10 nitrogen and oxygen atoms in total. The molecule has 30 heavy (non-hydrogen) atoms. The summed E-state index contributed by atoms with van der Waals surface area (Å²) in [7, 11) is -3.82. The summed E-state index contributed by atoms with van der Waals surface area (Å²) in [5, 5.41) is 18.0. The van der Waals surface area contributed by atoms with Crippen LogP contribution < -0.4 is 10.6 Å². The average molecular weight is 474 g/mol. The van der Waals surface area contributed by atoms with Crippen LogP contribution in [0.5, 0.6) is 5.75 Å². The van der Waals surface area contributed by atoms with E-state index in [0.717, 1.165) is 11.3 Å². The smallest absolute Gasteiger partial charge is 0.256 e. The highest BCUT2D eigenvalue weighted by atomic mass is 32.2. The molecule has 3 N–H and O–H groups in total. The van der Waals surface area contributed by atoms with Crippen molar-refractivity contribution >= 4 is 49.8 Å². The molecule has 3 rings (SSSR count). The number of anilines is 3. The van der Waals surface area contributed by atoms with Crippen LogP contribution in [-0.2, 0) is 10.0 Å². The molecular formula is C17H23N5O5S3. The van der Waals surface area contributed by atoms with Gasteiger partial charge in [-0.3, -0.25) is 0 Å². The van der Waals surface area contributed by atoms with Gasteiger partial charge in [0.05, 0.1) is 18.0 Å². The lowest BCUT2D eigenvalue weighted by molar-refractivity contribution is 0.434. The number of hydrogen-bond acceptors (Lipinski definition) is 10. The summed E-state index contributed by atoms with van der Waals surface area (Å²) in [4.78, 5) is 0. The number of hydrogen-bond donors (Lipinski definition) is 3. The van der Waals surface area contributed by atoms with Crippen molar-refractivity contribution in [1.29, 1.82) is 0 Å². The van der Waals surface area contributed by atoms with Gasteiger partial charge in [0.15, 0.2) is 21.1 Å². The van der Waals surface area contributed by atoms with E-state index in [1.54, 1.807) is 26.2 Å². The van der Waals surface area contributed by atoms with E-state index < -0.39 is 26.9 Å². The van der Waals surface area contributed by atoms with Gasteiger partial charge in [0.25, 0.3) is 10.0 Å². The number of furan rings is 1. The fraction of sp³-hybridized carbons (Fsp3) is 0.412. The molecule has 164 valence electrons. The van der Waals surface area contributed by atoms with Gasteiger partial charge in [-0.25, -0.2) is 8.42 Å². The Morgan fingerprint density at radius 3 is 2.60 bits per heavy atom. The highest BCUT2D eigenvalue weighted by Crippen LogP contribution is 2.41. The Hall–Kier alpha value is -2.19. The first-order valence-electron chi connectivity index (χ1n) is 9.29. The van der Waals surface area contributed by atoms with Gasteiger partial charge in [-0.15, -0.1) is 11.3 Å². The fourth-order valence-corrected chi connectivity index (χ4v) is 6.34. The average Bonchev–Trinajstić information content (AvgIpc) is 3.43. The van der Waals surface area contributed by atoms with Gasteiger partial charge < -0.3 is 24.7 Å². The Labute approximate surface area is 181 Å². The van der Waals surface area contributed by atoms with E-state index in [0.29, 0.717) is 12.2 Å². The first-order chi connectivity index (χ1) is 14.3. The molecule has 2 atom stereocenters. The summed E-state index contributed by atoms with van der Waals surface area (Å²) in [6.07, 6.45) is 2.23. The molecule has 0 amide bonds. The second-order valence-electron chi connectivity index (χ2n) is 6.23. The summed E-state index contributed by atoms with van der Waals surface area (Å²) in [5.74, 6) is 0.640. The number of aromatic nitrogens is 2. The van der Waals surface area contributed by atoms with Crippen LogP contribution in [0.15, 0.2) is 32.4 Å². The van der Waals surface area contributed by atoms with Crippen molar-refractivity contribution in [3.8, 4) is 5.75 Å². The molecule has 0 radical (unpaired) electrons. The van der Waals surface area contributed by atoms with Gasteiger partial charge in [0, 0.05) is 27.2 Å². The van der Waals surface area contributed by atoms with Crippen LogP contribution in [0.25, 0.3) is 0 Å². The molecule has 0 aliphatic carbocycles. The molecule has 0 saturated heterocycles. The van der Waals surface area contributed by atoms with Gasteiger partial charge in [0.2, 0.25) is 11.6 Å². The van der Waals surface area contributed by atoms with E-state index in [1.807, 2.05) is 13.0 Å². The maximum atomic E-state index is 12.7. The third-order valence-corrected chi connectivity index (χ3v) is 8.65. The topological polar surface area (TPSA) is 144 Å². The van der Waals surface area contributed by atoms with Crippen LogP contribution in [0.3, 0.4) is 0 Å². The summed E-state index contributed by atoms with van der Waals surface area (Å²) in [6, 6.07) is 3.35. The van der Waals surface area contributed by atoms with Crippen LogP contribution >= 0.6 is 22.5 Å². The van der Waals surface area contributed by atoms with Gasteiger partial charge in [-0.2, -0.15) is 4.31 Å². The number of nitrogens with one attached hydrogen (secondary N) is 2. The maximum Gasteiger partial charge on any atom is 0.256 e. The summed E-state index contributed by atoms with van der Waals surface area (Å²) >= 11 is -0.938. The Bertz CT molecular complexity index is 1070. The van der Waals surface area contributed by atoms with Crippen molar-refractivity contribution in [3.63, 3.8) is 0 Å². The Morgan fingerprint density at radius 1 is 1.30 bits per heavy atom. The second-order valence-corrected chi connectivity index (χ2v) is 10.1. The molecule has 3 heterocycles. The lowest BCUT2D eigenvalue weighted by Gasteiger charge is -2.17. The molecule has 0 spiro atoms. The first kappa shape index (κ1) is 22.5. The third kappa shape index (κ3) is 4.44. The Kier molecular flexibility index (Phi) is 6.98. The molecule has 1 unspecified atom stereocenters. The van der Waals surface area contributed by atoms with E-state index in [-0.39, 0.29) is 40.7 Å². The standard InChI is InChI=1S/C17H23N5O5S3/c1-4-11(13-8-7-9-27-13)18-15-16(21-29(24)20-15)19-12-10-28-17(14(12)23)30(25,26)22(5-2)6-3/h7-11,23H,4-6H2,1-3H3,(H,18,20)(H,19,21)/t11-,29?/m1/s1. The zero-order chi connectivity index (χ0) is 21.9. The predicted octanol–water partition coefficient (Wildman–Crippen LogP) is 3.90. The summed E-state index contributed by atoms with van der Waals surface area (Å²) in [6.45, 7) is 5.98. The zero-order valence-electron chi connectivity index (χ0n) is 16.7. The van der Waals surface area contributed by atoms with Gasteiger partial charge >= 0.3 is 0 Å². The summed E-state index contributed by atoms with van der Waals surface area (Å²) < 4.78 is 51.7. The van der Waals surface area contributed by atoms with Crippen molar-refractivity contribution in [1.82, 2.24) is 13.1 Å². The van der Waals surface area contributed by atoms with Crippen LogP contribution in [0.2, 0.25) is 0 Å². The van der Waals surface area contributed by atoms with Crippen molar-refractivity contribution in [2.75, 3.05) is 23.7 Å². The predicted molar refractivity (Wildman–Crippen MR) is 115 cm³/mol. The molecule has 0 saturated carbocycles. The molecule has 3 aromatic rings. The molecular weight excluding hydrogens is 450 g/mol. The van der Waals surface area contributed by atoms with E-state index >= 15 is 0 Å². The van der Waals surface area contributed by atoms with E-state index in [4.69, 9.17) is 4.42 Å². The van der Waals surface area contributed by atoms with Crippen molar-refractivity contribution in [2.24, 2.45) is 0 Å². The minimum Gasteiger partial charge on any atom is -0.546 e. The molecule has 3 aromatic heterocycles. The SMILES string of the molecule is CC[C@@H](Nc1n[s+]([O-])nc1Nc1csc(S(=O)(=O)N(CC)CC)c1O)c1ccco1. The minimum atomic E-state index is -3.82. The number of thiophene rings is 1. The number of rotatable bonds is 10. The van der Waals surface area contributed by atoms with Crippen LogP contribution in [0.1, 0.15) is 39.0 Å². The Balaban J connectivity index is 1.87. The fourth-order valence-electron chi connectivity index (χ4n) is 2.88. The van der Waals surface area contributed by atoms with Crippen LogP contribution in [-0.4, -0.2) is 44.2 Å². The molecule has 0 aliphatic rings. The van der Waals surface area contributed by atoms with Crippen molar-refractivity contribution in [3.05, 3.63) is 29.5 Å². The van der Waals surface area contributed by atoms with Crippen LogP contribution in [0, 0.1) is 0 Å². The number of nitrogens with zero attached hydrogens (tertiary/aromatic N) is 3. The molecule has 13 heteroatoms.